The Kier molecular flexibility index (Phi) is 8.96. The third-order valence-corrected chi connectivity index (χ3v) is 5.67. The van der Waals surface area contributed by atoms with Gasteiger partial charge in [-0.05, 0) is 49.6 Å². The summed E-state index contributed by atoms with van der Waals surface area (Å²) in [6.07, 6.45) is 1.89. The van der Waals surface area contributed by atoms with Gasteiger partial charge in [0.1, 0.15) is 6.10 Å². The van der Waals surface area contributed by atoms with Crippen molar-refractivity contribution in [2.24, 2.45) is 0 Å². The van der Waals surface area contributed by atoms with Crippen LogP contribution in [0.2, 0.25) is 5.02 Å². The second kappa shape index (κ2) is 11.7. The lowest BCUT2D eigenvalue weighted by Gasteiger charge is -2.35. The number of hydrogen-bond acceptors (Lipinski definition) is 4. The number of aliphatic hydroxyl groups is 1. The van der Waals surface area contributed by atoms with Gasteiger partial charge in [0.05, 0.1) is 6.10 Å². The lowest BCUT2D eigenvalue weighted by Crippen LogP contribution is -2.48. The number of piperazine rings is 1. The van der Waals surface area contributed by atoms with Gasteiger partial charge in [0.15, 0.2) is 0 Å². The zero-order chi connectivity index (χ0) is 20.5. The standard InChI is InChI=1S/C24H33ClN2O2/c1-20(28)19-27-16-14-26(15-17-27)13-5-6-18-29-24(21-7-3-2-4-8-21)22-9-11-23(25)12-10-22/h2-4,7-12,20,24,28H,5-6,13-19H2,1H3. The molecule has 1 aliphatic heterocycles. The highest BCUT2D eigenvalue weighted by molar-refractivity contribution is 6.30. The number of rotatable bonds is 10. The van der Waals surface area contributed by atoms with Gasteiger partial charge in [0, 0.05) is 44.4 Å². The summed E-state index contributed by atoms with van der Waals surface area (Å²) in [7, 11) is 0. The molecule has 4 nitrogen and oxygen atoms in total. The smallest absolute Gasteiger partial charge is 0.108 e. The Balaban J connectivity index is 1.42. The van der Waals surface area contributed by atoms with Crippen LogP contribution in [-0.2, 0) is 4.74 Å². The van der Waals surface area contributed by atoms with E-state index in [2.05, 4.69) is 34.1 Å². The average molecular weight is 417 g/mol. The largest absolute Gasteiger partial charge is 0.392 e. The molecule has 0 aliphatic carbocycles. The van der Waals surface area contributed by atoms with Crippen LogP contribution in [0.15, 0.2) is 54.6 Å². The van der Waals surface area contributed by atoms with E-state index in [4.69, 9.17) is 16.3 Å². The van der Waals surface area contributed by atoms with E-state index in [1.807, 2.05) is 37.3 Å². The Hall–Kier alpha value is -1.43. The molecule has 1 aliphatic rings. The second-order valence-corrected chi connectivity index (χ2v) is 8.35. The molecule has 2 unspecified atom stereocenters. The molecule has 0 aromatic heterocycles. The van der Waals surface area contributed by atoms with Crippen LogP contribution in [0.25, 0.3) is 0 Å². The van der Waals surface area contributed by atoms with Crippen LogP contribution in [0.5, 0.6) is 0 Å². The molecule has 0 radical (unpaired) electrons. The third kappa shape index (κ3) is 7.40. The maximum atomic E-state index is 9.52. The van der Waals surface area contributed by atoms with Gasteiger partial charge in [-0.1, -0.05) is 54.1 Å². The molecule has 29 heavy (non-hydrogen) atoms. The normalized spacial score (nSPS) is 17.9. The molecule has 158 valence electrons. The predicted octanol–water partition coefficient (Wildman–Crippen LogP) is 4.22. The third-order valence-electron chi connectivity index (χ3n) is 5.42. The van der Waals surface area contributed by atoms with Gasteiger partial charge in [0.2, 0.25) is 0 Å². The fourth-order valence-electron chi connectivity index (χ4n) is 3.86. The van der Waals surface area contributed by atoms with Gasteiger partial charge in [-0.25, -0.2) is 0 Å². The number of unbranched alkanes of at least 4 members (excludes halogenated alkanes) is 1. The van der Waals surface area contributed by atoms with Gasteiger partial charge >= 0.3 is 0 Å². The quantitative estimate of drug-likeness (QED) is 0.588. The number of β-amino-alcohol motifs (C(OH)–C–C–N with tert-alkyl or cyclic N) is 1. The van der Waals surface area contributed by atoms with Gasteiger partial charge in [-0.2, -0.15) is 0 Å². The maximum absolute atomic E-state index is 9.52. The minimum absolute atomic E-state index is 0.0579. The second-order valence-electron chi connectivity index (χ2n) is 7.91. The van der Waals surface area contributed by atoms with Gasteiger partial charge in [-0.15, -0.1) is 0 Å². The summed E-state index contributed by atoms with van der Waals surface area (Å²) in [6, 6.07) is 18.3. The summed E-state index contributed by atoms with van der Waals surface area (Å²) in [5, 5.41) is 10.3. The van der Waals surface area contributed by atoms with E-state index >= 15 is 0 Å². The summed E-state index contributed by atoms with van der Waals surface area (Å²) in [6.45, 7) is 8.78. The van der Waals surface area contributed by atoms with E-state index in [1.165, 1.54) is 5.56 Å². The van der Waals surface area contributed by atoms with Crippen molar-refractivity contribution >= 4 is 11.6 Å². The highest BCUT2D eigenvalue weighted by Gasteiger charge is 2.18. The number of benzene rings is 2. The Morgan fingerprint density at radius 2 is 1.52 bits per heavy atom. The molecule has 2 aromatic carbocycles. The molecule has 1 saturated heterocycles. The van der Waals surface area contributed by atoms with Crippen molar-refractivity contribution in [1.29, 1.82) is 0 Å². The number of ether oxygens (including phenoxy) is 1. The lowest BCUT2D eigenvalue weighted by atomic mass is 10.0. The number of nitrogens with zero attached hydrogens (tertiary/aromatic N) is 2. The van der Waals surface area contributed by atoms with Crippen molar-refractivity contribution in [3.05, 3.63) is 70.7 Å². The van der Waals surface area contributed by atoms with Crippen LogP contribution in [0.3, 0.4) is 0 Å². The SMILES string of the molecule is CC(O)CN1CCN(CCCCOC(c2ccccc2)c2ccc(Cl)cc2)CC1. The first kappa shape index (κ1) is 22.3. The number of hydrogen-bond donors (Lipinski definition) is 1. The minimum Gasteiger partial charge on any atom is -0.392 e. The van der Waals surface area contributed by atoms with Gasteiger partial charge < -0.3 is 14.7 Å². The summed E-state index contributed by atoms with van der Waals surface area (Å²) in [5.74, 6) is 0. The highest BCUT2D eigenvalue weighted by Crippen LogP contribution is 2.27. The molecule has 2 aromatic rings. The van der Waals surface area contributed by atoms with E-state index in [0.717, 1.165) is 69.3 Å². The Morgan fingerprint density at radius 3 is 2.17 bits per heavy atom. The van der Waals surface area contributed by atoms with Crippen LogP contribution in [0.4, 0.5) is 0 Å². The van der Waals surface area contributed by atoms with Crippen LogP contribution in [0.1, 0.15) is 37.0 Å². The van der Waals surface area contributed by atoms with E-state index in [1.54, 1.807) is 0 Å². The molecular formula is C24H33ClN2O2. The Morgan fingerprint density at radius 1 is 0.897 bits per heavy atom. The fraction of sp³-hybridized carbons (Fsp3) is 0.500. The Labute approximate surface area is 180 Å². The lowest BCUT2D eigenvalue weighted by molar-refractivity contribution is 0.0667. The zero-order valence-corrected chi connectivity index (χ0v) is 18.1. The van der Waals surface area contributed by atoms with Crippen molar-refractivity contribution in [3.63, 3.8) is 0 Å². The predicted molar refractivity (Wildman–Crippen MR) is 119 cm³/mol. The number of aliphatic hydroxyl groups excluding tert-OH is 1. The van der Waals surface area contributed by atoms with Crippen molar-refractivity contribution in [2.75, 3.05) is 45.9 Å². The zero-order valence-electron chi connectivity index (χ0n) is 17.3. The van der Waals surface area contributed by atoms with Crippen LogP contribution in [-0.4, -0.2) is 66.9 Å². The highest BCUT2D eigenvalue weighted by atomic mass is 35.5. The molecule has 0 amide bonds. The molecule has 0 bridgehead atoms. The summed E-state index contributed by atoms with van der Waals surface area (Å²) in [5.41, 5.74) is 2.30. The van der Waals surface area contributed by atoms with Crippen LogP contribution >= 0.6 is 11.6 Å². The average Bonchev–Trinajstić information content (AvgIpc) is 2.73. The van der Waals surface area contributed by atoms with E-state index in [0.29, 0.717) is 0 Å². The number of halogens is 1. The van der Waals surface area contributed by atoms with Gasteiger partial charge in [-0.3, -0.25) is 4.90 Å². The molecule has 0 saturated carbocycles. The summed E-state index contributed by atoms with van der Waals surface area (Å²) in [4.78, 5) is 4.87. The minimum atomic E-state index is -0.239. The van der Waals surface area contributed by atoms with E-state index < -0.39 is 0 Å². The molecule has 3 rings (SSSR count). The first-order valence-electron chi connectivity index (χ1n) is 10.7. The fourth-order valence-corrected chi connectivity index (χ4v) is 3.98. The Bertz CT molecular complexity index is 701. The van der Waals surface area contributed by atoms with Crippen molar-refractivity contribution in [2.45, 2.75) is 32.0 Å². The molecule has 2 atom stereocenters. The molecular weight excluding hydrogens is 384 g/mol. The van der Waals surface area contributed by atoms with Crippen LogP contribution < -0.4 is 0 Å². The molecule has 5 heteroatoms. The van der Waals surface area contributed by atoms with Crippen molar-refractivity contribution < 1.29 is 9.84 Å². The topological polar surface area (TPSA) is 35.9 Å². The van der Waals surface area contributed by atoms with Crippen molar-refractivity contribution in [1.82, 2.24) is 9.80 Å². The first-order chi connectivity index (χ1) is 14.1. The van der Waals surface area contributed by atoms with Crippen molar-refractivity contribution in [3.8, 4) is 0 Å². The summed E-state index contributed by atoms with van der Waals surface area (Å²) >= 11 is 6.05. The van der Waals surface area contributed by atoms with Crippen LogP contribution in [0, 0.1) is 0 Å². The monoisotopic (exact) mass is 416 g/mol. The molecule has 1 N–H and O–H groups in total. The van der Waals surface area contributed by atoms with E-state index in [9.17, 15) is 5.11 Å². The van der Waals surface area contributed by atoms with Gasteiger partial charge in [0.25, 0.3) is 0 Å². The molecule has 1 fully saturated rings. The summed E-state index contributed by atoms with van der Waals surface area (Å²) < 4.78 is 6.31. The molecule has 1 heterocycles. The van der Waals surface area contributed by atoms with E-state index in [-0.39, 0.29) is 12.2 Å². The maximum Gasteiger partial charge on any atom is 0.108 e. The molecule has 0 spiro atoms. The first-order valence-corrected chi connectivity index (χ1v) is 11.0.